The zero-order valence-corrected chi connectivity index (χ0v) is 10.8. The minimum absolute atomic E-state index is 0.170. The van der Waals surface area contributed by atoms with E-state index in [1.807, 2.05) is 20.8 Å². The van der Waals surface area contributed by atoms with Crippen molar-refractivity contribution in [1.82, 2.24) is 5.32 Å². The van der Waals surface area contributed by atoms with Crippen LogP contribution in [0.15, 0.2) is 0 Å². The van der Waals surface area contributed by atoms with E-state index in [2.05, 4.69) is 5.32 Å². The van der Waals surface area contributed by atoms with E-state index in [4.69, 9.17) is 0 Å². The molecule has 0 amide bonds. The molecule has 94 valence electrons. The van der Waals surface area contributed by atoms with Crippen molar-refractivity contribution in [3.63, 3.8) is 0 Å². The highest BCUT2D eigenvalue weighted by molar-refractivity contribution is 5.75. The summed E-state index contributed by atoms with van der Waals surface area (Å²) in [7, 11) is 0. The topological polar surface area (TPSA) is 49.3 Å². The maximum absolute atomic E-state index is 11.5. The zero-order valence-electron chi connectivity index (χ0n) is 10.8. The van der Waals surface area contributed by atoms with Crippen LogP contribution in [0.1, 0.15) is 52.9 Å². The smallest absolute Gasteiger partial charge is 0.311 e. The summed E-state index contributed by atoms with van der Waals surface area (Å²) in [5.74, 6) is -0.487. The number of aliphatic carboxylic acids is 1. The highest BCUT2D eigenvalue weighted by Gasteiger charge is 2.40. The van der Waals surface area contributed by atoms with Crippen LogP contribution in [0, 0.1) is 11.3 Å². The lowest BCUT2D eigenvalue weighted by Crippen LogP contribution is -2.46. The average Bonchev–Trinajstić information content (AvgIpc) is 2.71. The van der Waals surface area contributed by atoms with Crippen molar-refractivity contribution in [2.45, 2.75) is 58.9 Å². The minimum Gasteiger partial charge on any atom is -0.481 e. The fraction of sp³-hybridized carbons (Fsp3) is 0.923. The number of hydrogen-bond acceptors (Lipinski definition) is 2. The van der Waals surface area contributed by atoms with Crippen LogP contribution in [0.2, 0.25) is 0 Å². The van der Waals surface area contributed by atoms with Gasteiger partial charge in [0.1, 0.15) is 0 Å². The highest BCUT2D eigenvalue weighted by atomic mass is 16.4. The van der Waals surface area contributed by atoms with Crippen LogP contribution < -0.4 is 5.32 Å². The number of carboxylic acid groups (broad SMARTS) is 1. The molecular formula is C13H25NO2. The van der Waals surface area contributed by atoms with E-state index in [9.17, 15) is 9.90 Å². The first kappa shape index (κ1) is 13.5. The lowest BCUT2D eigenvalue weighted by Gasteiger charge is -2.33. The van der Waals surface area contributed by atoms with Crippen molar-refractivity contribution in [2.24, 2.45) is 11.3 Å². The molecule has 1 rings (SSSR count). The summed E-state index contributed by atoms with van der Waals surface area (Å²) in [6.07, 6.45) is 5.67. The Kier molecular flexibility index (Phi) is 4.78. The van der Waals surface area contributed by atoms with Gasteiger partial charge in [-0.15, -0.1) is 0 Å². The molecule has 1 fully saturated rings. The van der Waals surface area contributed by atoms with Crippen molar-refractivity contribution in [3.05, 3.63) is 0 Å². The van der Waals surface area contributed by atoms with Crippen molar-refractivity contribution < 1.29 is 9.90 Å². The van der Waals surface area contributed by atoms with Crippen LogP contribution >= 0.6 is 0 Å². The summed E-state index contributed by atoms with van der Waals surface area (Å²) in [4.78, 5) is 11.5. The van der Waals surface area contributed by atoms with Gasteiger partial charge in [0.25, 0.3) is 0 Å². The average molecular weight is 227 g/mol. The summed E-state index contributed by atoms with van der Waals surface area (Å²) in [6.45, 7) is 6.60. The van der Waals surface area contributed by atoms with Gasteiger partial charge in [0.05, 0.1) is 5.41 Å². The Labute approximate surface area is 98.6 Å². The molecule has 1 aliphatic rings. The predicted octanol–water partition coefficient (Wildman–Crippen LogP) is 2.66. The number of hydrogen-bond donors (Lipinski definition) is 2. The van der Waals surface area contributed by atoms with Crippen molar-refractivity contribution in [1.29, 1.82) is 0 Å². The standard InChI is InChI=1S/C13H25NO2/c1-4-13(10(2)3,12(15)16)9-14-11-7-5-6-8-11/h10-11,14H,4-9H2,1-3H3,(H,15,16). The molecule has 0 spiro atoms. The maximum Gasteiger partial charge on any atom is 0.311 e. The third-order valence-electron chi connectivity index (χ3n) is 4.22. The van der Waals surface area contributed by atoms with E-state index < -0.39 is 11.4 Å². The van der Waals surface area contributed by atoms with Crippen LogP contribution in [0.4, 0.5) is 0 Å². The lowest BCUT2D eigenvalue weighted by molar-refractivity contribution is -0.152. The molecule has 1 atom stereocenters. The fourth-order valence-corrected chi connectivity index (χ4v) is 2.67. The summed E-state index contributed by atoms with van der Waals surface area (Å²) in [5.41, 5.74) is -0.595. The van der Waals surface area contributed by atoms with Gasteiger partial charge >= 0.3 is 5.97 Å². The number of carboxylic acids is 1. The first-order valence-corrected chi connectivity index (χ1v) is 6.49. The van der Waals surface area contributed by atoms with E-state index in [1.54, 1.807) is 0 Å². The first-order valence-electron chi connectivity index (χ1n) is 6.49. The number of nitrogens with one attached hydrogen (secondary N) is 1. The Morgan fingerprint density at radius 2 is 2.00 bits per heavy atom. The lowest BCUT2D eigenvalue weighted by atomic mass is 9.74. The summed E-state index contributed by atoms with van der Waals surface area (Å²) in [5, 5.41) is 12.9. The van der Waals surface area contributed by atoms with Crippen molar-refractivity contribution in [2.75, 3.05) is 6.54 Å². The summed E-state index contributed by atoms with van der Waals surface area (Å²) < 4.78 is 0. The second kappa shape index (κ2) is 5.67. The molecule has 0 radical (unpaired) electrons. The van der Waals surface area contributed by atoms with Crippen molar-refractivity contribution >= 4 is 5.97 Å². The van der Waals surface area contributed by atoms with Gasteiger partial charge < -0.3 is 10.4 Å². The SMILES string of the molecule is CCC(CNC1CCCC1)(C(=O)O)C(C)C. The van der Waals surface area contributed by atoms with Crippen molar-refractivity contribution in [3.8, 4) is 0 Å². The van der Waals surface area contributed by atoms with Gasteiger partial charge in [-0.1, -0.05) is 33.6 Å². The third kappa shape index (κ3) is 2.76. The Bertz CT molecular complexity index is 234. The second-order valence-corrected chi connectivity index (χ2v) is 5.33. The maximum atomic E-state index is 11.5. The van der Waals surface area contributed by atoms with Crippen LogP contribution in [0.25, 0.3) is 0 Å². The Morgan fingerprint density at radius 3 is 2.38 bits per heavy atom. The predicted molar refractivity (Wildman–Crippen MR) is 65.5 cm³/mol. The van der Waals surface area contributed by atoms with E-state index >= 15 is 0 Å². The van der Waals surface area contributed by atoms with Gasteiger partial charge in [0, 0.05) is 12.6 Å². The fourth-order valence-electron chi connectivity index (χ4n) is 2.67. The van der Waals surface area contributed by atoms with E-state index in [0.29, 0.717) is 19.0 Å². The molecule has 1 saturated carbocycles. The first-order chi connectivity index (χ1) is 7.53. The molecule has 3 nitrogen and oxygen atoms in total. The molecule has 0 aromatic carbocycles. The Hall–Kier alpha value is -0.570. The molecular weight excluding hydrogens is 202 g/mol. The van der Waals surface area contributed by atoms with Crippen LogP contribution in [0.5, 0.6) is 0 Å². The van der Waals surface area contributed by atoms with Gasteiger partial charge in [-0.2, -0.15) is 0 Å². The van der Waals surface area contributed by atoms with E-state index in [-0.39, 0.29) is 5.92 Å². The summed E-state index contributed by atoms with van der Waals surface area (Å²) >= 11 is 0. The molecule has 0 bridgehead atoms. The van der Waals surface area contributed by atoms with Gasteiger partial charge in [-0.3, -0.25) is 4.79 Å². The molecule has 0 aliphatic heterocycles. The minimum atomic E-state index is -0.657. The highest BCUT2D eigenvalue weighted by Crippen LogP contribution is 2.32. The zero-order chi connectivity index (χ0) is 12.2. The molecule has 3 heteroatoms. The van der Waals surface area contributed by atoms with Gasteiger partial charge in [-0.25, -0.2) is 0 Å². The molecule has 1 aliphatic carbocycles. The van der Waals surface area contributed by atoms with Gasteiger partial charge in [0.15, 0.2) is 0 Å². The molecule has 0 heterocycles. The summed E-state index contributed by atoms with van der Waals surface area (Å²) in [6, 6.07) is 0.545. The largest absolute Gasteiger partial charge is 0.481 e. The molecule has 2 N–H and O–H groups in total. The van der Waals surface area contributed by atoms with Gasteiger partial charge in [-0.05, 0) is 25.2 Å². The number of rotatable bonds is 6. The molecule has 16 heavy (non-hydrogen) atoms. The monoisotopic (exact) mass is 227 g/mol. The Balaban J connectivity index is 2.58. The van der Waals surface area contributed by atoms with E-state index in [0.717, 1.165) is 0 Å². The molecule has 0 aromatic heterocycles. The van der Waals surface area contributed by atoms with Crippen LogP contribution in [0.3, 0.4) is 0 Å². The quantitative estimate of drug-likeness (QED) is 0.733. The van der Waals surface area contributed by atoms with E-state index in [1.165, 1.54) is 25.7 Å². The molecule has 1 unspecified atom stereocenters. The normalized spacial score (nSPS) is 21.2. The number of carbonyl (C=O) groups is 1. The Morgan fingerprint density at radius 1 is 1.44 bits per heavy atom. The van der Waals surface area contributed by atoms with Gasteiger partial charge in [0.2, 0.25) is 0 Å². The third-order valence-corrected chi connectivity index (χ3v) is 4.22. The molecule has 0 saturated heterocycles. The molecule has 0 aromatic rings. The van der Waals surface area contributed by atoms with Crippen LogP contribution in [-0.4, -0.2) is 23.7 Å². The van der Waals surface area contributed by atoms with Crippen LogP contribution in [-0.2, 0) is 4.79 Å². The second-order valence-electron chi connectivity index (χ2n) is 5.33.